The lowest BCUT2D eigenvalue weighted by Gasteiger charge is -2.37. The van der Waals surface area contributed by atoms with E-state index in [4.69, 9.17) is 4.74 Å². The maximum atomic E-state index is 15.4. The number of rotatable bonds is 12. The molecule has 3 aromatic rings. The van der Waals surface area contributed by atoms with E-state index in [0.29, 0.717) is 23.7 Å². The van der Waals surface area contributed by atoms with Gasteiger partial charge in [-0.3, -0.25) is 0 Å². The van der Waals surface area contributed by atoms with Gasteiger partial charge < -0.3 is 4.74 Å². The summed E-state index contributed by atoms with van der Waals surface area (Å²) in [6, 6.07) is 15.7. The van der Waals surface area contributed by atoms with Crippen molar-refractivity contribution in [3.8, 4) is 28.0 Å². The van der Waals surface area contributed by atoms with Crippen LogP contribution in [0.4, 0.5) is 13.2 Å². The summed E-state index contributed by atoms with van der Waals surface area (Å²) in [5.74, 6) is 0.705. The van der Waals surface area contributed by atoms with Crippen LogP contribution in [0.3, 0.4) is 0 Å². The fourth-order valence-corrected chi connectivity index (χ4v) is 7.61. The molecule has 236 valence electrons. The van der Waals surface area contributed by atoms with Gasteiger partial charge in [-0.15, -0.1) is 0 Å². The topological polar surface area (TPSA) is 9.23 Å². The van der Waals surface area contributed by atoms with Crippen LogP contribution in [-0.4, -0.2) is 6.61 Å². The van der Waals surface area contributed by atoms with Crippen LogP contribution >= 0.6 is 0 Å². The van der Waals surface area contributed by atoms with Crippen LogP contribution in [0.15, 0.2) is 66.7 Å². The summed E-state index contributed by atoms with van der Waals surface area (Å²) in [5.41, 5.74) is 3.06. The zero-order chi connectivity index (χ0) is 30.9. The number of unbranched alkanes of at least 4 members (excludes halogenated alkanes) is 4. The van der Waals surface area contributed by atoms with Gasteiger partial charge >= 0.3 is 0 Å². The van der Waals surface area contributed by atoms with Gasteiger partial charge in [0.2, 0.25) is 5.82 Å². The number of halogens is 3. The molecule has 0 heterocycles. The first-order valence-corrected chi connectivity index (χ1v) is 17.1. The van der Waals surface area contributed by atoms with Gasteiger partial charge in [0.05, 0.1) is 6.61 Å². The highest BCUT2D eigenvalue weighted by Gasteiger charge is 2.31. The third kappa shape index (κ3) is 7.98. The van der Waals surface area contributed by atoms with E-state index in [9.17, 15) is 8.78 Å². The van der Waals surface area contributed by atoms with Crippen molar-refractivity contribution in [2.24, 2.45) is 17.8 Å². The zero-order valence-corrected chi connectivity index (χ0v) is 26.6. The average molecular weight is 603 g/mol. The predicted octanol–water partition coefficient (Wildman–Crippen LogP) is 12.4. The molecular weight excluding hydrogens is 553 g/mol. The molecule has 3 aromatic carbocycles. The van der Waals surface area contributed by atoms with Crippen molar-refractivity contribution in [1.29, 1.82) is 0 Å². The average Bonchev–Trinajstić information content (AvgIpc) is 3.05. The summed E-state index contributed by atoms with van der Waals surface area (Å²) in [4.78, 5) is 0. The molecule has 0 aromatic heterocycles. The van der Waals surface area contributed by atoms with E-state index in [0.717, 1.165) is 67.4 Å². The third-order valence-electron chi connectivity index (χ3n) is 10.2. The maximum absolute atomic E-state index is 15.4. The summed E-state index contributed by atoms with van der Waals surface area (Å²) in [7, 11) is 0. The van der Waals surface area contributed by atoms with Crippen molar-refractivity contribution in [3.63, 3.8) is 0 Å². The lowest BCUT2D eigenvalue weighted by atomic mass is 9.68. The van der Waals surface area contributed by atoms with Crippen LogP contribution in [-0.2, 0) is 0 Å². The molecule has 2 aliphatic carbocycles. The summed E-state index contributed by atoms with van der Waals surface area (Å²) in [6.45, 7) is 4.65. The lowest BCUT2D eigenvalue weighted by Crippen LogP contribution is -2.25. The maximum Gasteiger partial charge on any atom is 0.201 e. The molecule has 0 N–H and O–H groups in total. The molecule has 1 nitrogen and oxygen atoms in total. The number of benzene rings is 3. The highest BCUT2D eigenvalue weighted by Crippen LogP contribution is 2.44. The van der Waals surface area contributed by atoms with Crippen molar-refractivity contribution in [3.05, 3.63) is 89.8 Å². The first-order chi connectivity index (χ1) is 21.5. The van der Waals surface area contributed by atoms with E-state index in [1.54, 1.807) is 36.4 Å². The van der Waals surface area contributed by atoms with Gasteiger partial charge in [-0.25, -0.2) is 8.78 Å². The number of allylic oxidation sites excluding steroid dienone is 2. The monoisotopic (exact) mass is 602 g/mol. The van der Waals surface area contributed by atoms with Crippen LogP contribution in [0.5, 0.6) is 5.75 Å². The van der Waals surface area contributed by atoms with E-state index in [2.05, 4.69) is 32.1 Å². The lowest BCUT2D eigenvalue weighted by molar-refractivity contribution is 0.171. The van der Waals surface area contributed by atoms with Crippen molar-refractivity contribution < 1.29 is 17.9 Å². The standard InChI is InChI=1S/C40H49F3O/c1-3-5-6-7-8-26-44-38-25-24-36(39(42)40(38)43)33-20-18-32(19-21-33)35-23-22-34(27-37(35)41)31-16-14-30(15-17-31)29-12-10-28(9-4-2)11-13-29/h4,9,18-25,27-31H,3,5-8,10-17,26H2,1-2H3. The SMILES string of the molecule is CC=CC1CCC(C2CCC(c3ccc(-c4ccc(-c5ccc(OCCCCCCC)c(F)c5F)cc4)c(F)c3)CC2)CC1. The number of hydrogen-bond donors (Lipinski definition) is 0. The normalized spacial score (nSPS) is 22.4. The minimum Gasteiger partial charge on any atom is -0.490 e. The van der Waals surface area contributed by atoms with Gasteiger partial charge in [0.15, 0.2) is 11.6 Å². The van der Waals surface area contributed by atoms with Gasteiger partial charge in [0.1, 0.15) is 5.82 Å². The minimum absolute atomic E-state index is 0.0544. The van der Waals surface area contributed by atoms with Crippen LogP contribution in [0.25, 0.3) is 22.3 Å². The molecule has 0 unspecified atom stereocenters. The van der Waals surface area contributed by atoms with Crippen molar-refractivity contribution in [1.82, 2.24) is 0 Å². The van der Waals surface area contributed by atoms with Gasteiger partial charge in [0.25, 0.3) is 0 Å². The fourth-order valence-electron chi connectivity index (χ4n) is 7.61. The van der Waals surface area contributed by atoms with Crippen molar-refractivity contribution in [2.45, 2.75) is 103 Å². The van der Waals surface area contributed by atoms with Crippen molar-refractivity contribution >= 4 is 0 Å². The molecule has 0 aliphatic heterocycles. The molecule has 5 rings (SSSR count). The van der Waals surface area contributed by atoms with Gasteiger partial charge in [-0.05, 0) is 123 Å². The quantitative estimate of drug-likeness (QED) is 0.148. The predicted molar refractivity (Wildman–Crippen MR) is 176 cm³/mol. The molecular formula is C40H49F3O. The smallest absolute Gasteiger partial charge is 0.201 e. The van der Waals surface area contributed by atoms with E-state index >= 15 is 4.39 Å². The number of ether oxygens (including phenoxy) is 1. The second kappa shape index (κ2) is 15.8. The fraction of sp³-hybridized carbons (Fsp3) is 0.500. The summed E-state index contributed by atoms with van der Waals surface area (Å²) in [5, 5.41) is 0. The first-order valence-electron chi connectivity index (χ1n) is 17.1. The molecule has 0 spiro atoms. The molecule has 0 amide bonds. The molecule has 2 fully saturated rings. The van der Waals surface area contributed by atoms with Crippen molar-refractivity contribution in [2.75, 3.05) is 6.61 Å². The first kappa shape index (κ1) is 32.4. The Morgan fingerprint density at radius 3 is 1.93 bits per heavy atom. The molecule has 2 aliphatic rings. The summed E-state index contributed by atoms with van der Waals surface area (Å²) in [6.07, 6.45) is 20.0. The van der Waals surface area contributed by atoms with Gasteiger partial charge in [0, 0.05) is 11.1 Å². The Kier molecular flexibility index (Phi) is 11.6. The summed E-state index contributed by atoms with van der Waals surface area (Å²) < 4.78 is 50.7. The van der Waals surface area contributed by atoms with E-state index in [1.807, 2.05) is 6.07 Å². The van der Waals surface area contributed by atoms with E-state index in [1.165, 1.54) is 51.0 Å². The molecule has 0 atom stereocenters. The second-order valence-corrected chi connectivity index (χ2v) is 13.1. The highest BCUT2D eigenvalue weighted by atomic mass is 19.2. The highest BCUT2D eigenvalue weighted by molar-refractivity contribution is 5.71. The molecule has 2 saturated carbocycles. The Morgan fingerprint density at radius 1 is 0.682 bits per heavy atom. The Balaban J connectivity index is 1.17. The van der Waals surface area contributed by atoms with E-state index < -0.39 is 11.6 Å². The largest absolute Gasteiger partial charge is 0.490 e. The van der Waals surface area contributed by atoms with Crippen LogP contribution in [0, 0.1) is 35.2 Å². The second-order valence-electron chi connectivity index (χ2n) is 13.1. The molecule has 0 saturated heterocycles. The van der Waals surface area contributed by atoms with Crippen LogP contribution < -0.4 is 4.74 Å². The third-order valence-corrected chi connectivity index (χ3v) is 10.2. The Hall–Kier alpha value is -3.01. The molecule has 0 radical (unpaired) electrons. The minimum atomic E-state index is -0.965. The molecule has 44 heavy (non-hydrogen) atoms. The molecule has 4 heteroatoms. The Morgan fingerprint density at radius 2 is 1.30 bits per heavy atom. The Bertz CT molecular complexity index is 1360. The van der Waals surface area contributed by atoms with Gasteiger partial charge in [-0.2, -0.15) is 4.39 Å². The Labute approximate surface area is 262 Å². The van der Waals surface area contributed by atoms with Gasteiger partial charge in [-0.1, -0.05) is 81.2 Å². The number of hydrogen-bond acceptors (Lipinski definition) is 1. The van der Waals surface area contributed by atoms with Crippen LogP contribution in [0.2, 0.25) is 0 Å². The summed E-state index contributed by atoms with van der Waals surface area (Å²) >= 11 is 0. The van der Waals surface area contributed by atoms with Crippen LogP contribution in [0.1, 0.15) is 109 Å². The van der Waals surface area contributed by atoms with E-state index in [-0.39, 0.29) is 17.1 Å². The molecule has 0 bridgehead atoms. The zero-order valence-electron chi connectivity index (χ0n) is 26.6.